The zero-order chi connectivity index (χ0) is 11.0. The minimum atomic E-state index is -0.401. The first kappa shape index (κ1) is 9.97. The molecule has 2 unspecified atom stereocenters. The predicted octanol–water partition coefficient (Wildman–Crippen LogP) is 2.23. The highest BCUT2D eigenvalue weighted by Gasteiger charge is 2.29. The highest BCUT2D eigenvalue weighted by atomic mass is 19.1. The first-order chi connectivity index (χ1) is 7.83. The molecule has 84 valence electrons. The van der Waals surface area contributed by atoms with Gasteiger partial charge in [0.25, 0.3) is 0 Å². The maximum Gasteiger partial charge on any atom is 0.212 e. The highest BCUT2D eigenvalue weighted by Crippen LogP contribution is 2.38. The van der Waals surface area contributed by atoms with Crippen molar-refractivity contribution in [3.05, 3.63) is 35.9 Å². The van der Waals surface area contributed by atoms with Gasteiger partial charge in [-0.3, -0.25) is 0 Å². The van der Waals surface area contributed by atoms with Crippen molar-refractivity contribution in [1.82, 2.24) is 10.3 Å². The summed E-state index contributed by atoms with van der Waals surface area (Å²) in [6, 6.07) is 3.27. The molecule has 1 N–H and O–H groups in total. The van der Waals surface area contributed by atoms with Crippen LogP contribution in [0.3, 0.4) is 0 Å². The molecule has 1 saturated heterocycles. The van der Waals surface area contributed by atoms with Gasteiger partial charge in [-0.15, -0.1) is 0 Å². The first-order valence-electron chi connectivity index (χ1n) is 5.86. The summed E-state index contributed by atoms with van der Waals surface area (Å²) >= 11 is 0. The number of allylic oxidation sites excluding steroid dienone is 1. The summed E-state index contributed by atoms with van der Waals surface area (Å²) in [5.41, 5.74) is 2.42. The summed E-state index contributed by atoms with van der Waals surface area (Å²) in [6.45, 7) is 2.22. The van der Waals surface area contributed by atoms with Crippen LogP contribution in [0.2, 0.25) is 0 Å². The van der Waals surface area contributed by atoms with Gasteiger partial charge in [0.2, 0.25) is 5.95 Å². The van der Waals surface area contributed by atoms with Crippen molar-refractivity contribution in [3.63, 3.8) is 0 Å². The SMILES string of the molecule is Fc1ccc(C2=CC3CNCCC3C2)cn1. The number of fused-ring (bicyclic) bond motifs is 1. The fourth-order valence-corrected chi connectivity index (χ4v) is 2.77. The third-order valence-corrected chi connectivity index (χ3v) is 3.67. The van der Waals surface area contributed by atoms with Gasteiger partial charge in [-0.05, 0) is 54.5 Å². The van der Waals surface area contributed by atoms with Gasteiger partial charge in [0.05, 0.1) is 0 Å². The van der Waals surface area contributed by atoms with Crippen LogP contribution in [0.4, 0.5) is 4.39 Å². The number of halogens is 1. The Morgan fingerprint density at radius 2 is 2.31 bits per heavy atom. The summed E-state index contributed by atoms with van der Waals surface area (Å²) in [5.74, 6) is 1.04. The Morgan fingerprint density at radius 3 is 3.06 bits per heavy atom. The molecule has 0 aromatic carbocycles. The monoisotopic (exact) mass is 218 g/mol. The molecule has 1 aromatic rings. The van der Waals surface area contributed by atoms with Crippen LogP contribution in [0, 0.1) is 17.8 Å². The minimum Gasteiger partial charge on any atom is -0.316 e. The number of rotatable bonds is 1. The second kappa shape index (κ2) is 3.98. The van der Waals surface area contributed by atoms with Crippen molar-refractivity contribution in [3.8, 4) is 0 Å². The van der Waals surface area contributed by atoms with Gasteiger partial charge < -0.3 is 5.32 Å². The largest absolute Gasteiger partial charge is 0.316 e. The van der Waals surface area contributed by atoms with Gasteiger partial charge in [0.15, 0.2) is 0 Å². The molecule has 1 aliphatic heterocycles. The van der Waals surface area contributed by atoms with Gasteiger partial charge in [0, 0.05) is 12.7 Å². The molecule has 0 amide bonds. The Labute approximate surface area is 94.6 Å². The minimum absolute atomic E-state index is 0.401. The van der Waals surface area contributed by atoms with Crippen LogP contribution in [0.15, 0.2) is 24.4 Å². The van der Waals surface area contributed by atoms with Gasteiger partial charge in [-0.25, -0.2) is 4.98 Å². The third kappa shape index (κ3) is 1.76. The van der Waals surface area contributed by atoms with Gasteiger partial charge in [0.1, 0.15) is 0 Å². The Bertz CT molecular complexity index is 410. The van der Waals surface area contributed by atoms with Crippen molar-refractivity contribution in [1.29, 1.82) is 0 Å². The zero-order valence-electron chi connectivity index (χ0n) is 9.12. The van der Waals surface area contributed by atoms with Crippen molar-refractivity contribution in [2.24, 2.45) is 11.8 Å². The normalized spacial score (nSPS) is 28.7. The van der Waals surface area contributed by atoms with E-state index in [1.54, 1.807) is 6.20 Å². The molecule has 0 saturated carbocycles. The van der Waals surface area contributed by atoms with E-state index in [0.717, 1.165) is 31.0 Å². The molecule has 2 aliphatic rings. The quantitative estimate of drug-likeness (QED) is 0.731. The molecule has 1 aliphatic carbocycles. The molecule has 0 bridgehead atoms. The van der Waals surface area contributed by atoms with Gasteiger partial charge in [-0.2, -0.15) is 4.39 Å². The molecule has 3 rings (SSSR count). The van der Waals surface area contributed by atoms with Crippen molar-refractivity contribution >= 4 is 5.57 Å². The number of pyridine rings is 1. The summed E-state index contributed by atoms with van der Waals surface area (Å²) in [5, 5.41) is 3.42. The van der Waals surface area contributed by atoms with E-state index in [4.69, 9.17) is 0 Å². The predicted molar refractivity (Wildman–Crippen MR) is 61.3 cm³/mol. The Kier molecular flexibility index (Phi) is 2.48. The lowest BCUT2D eigenvalue weighted by molar-refractivity contribution is 0.323. The standard InChI is InChI=1S/C13H15FN2/c14-13-2-1-10(8-16-13)11-5-9-3-4-15-7-12(9)6-11/h1-2,6,8-9,12,15H,3-5,7H2. The van der Waals surface area contributed by atoms with E-state index in [9.17, 15) is 4.39 Å². The zero-order valence-corrected chi connectivity index (χ0v) is 9.12. The number of hydrogen-bond acceptors (Lipinski definition) is 2. The fraction of sp³-hybridized carbons (Fsp3) is 0.462. The van der Waals surface area contributed by atoms with E-state index >= 15 is 0 Å². The molecule has 2 nitrogen and oxygen atoms in total. The van der Waals surface area contributed by atoms with E-state index in [-0.39, 0.29) is 0 Å². The van der Waals surface area contributed by atoms with Crippen molar-refractivity contribution in [2.45, 2.75) is 12.8 Å². The number of aromatic nitrogens is 1. The molecular formula is C13H15FN2. The second-order valence-corrected chi connectivity index (χ2v) is 4.68. The molecule has 2 atom stereocenters. The Morgan fingerprint density at radius 1 is 1.38 bits per heavy atom. The smallest absolute Gasteiger partial charge is 0.212 e. The summed E-state index contributed by atoms with van der Waals surface area (Å²) in [7, 11) is 0. The third-order valence-electron chi connectivity index (χ3n) is 3.67. The van der Waals surface area contributed by atoms with E-state index in [2.05, 4.69) is 16.4 Å². The molecule has 1 aromatic heterocycles. The van der Waals surface area contributed by atoms with Crippen LogP contribution in [-0.4, -0.2) is 18.1 Å². The maximum absolute atomic E-state index is 12.7. The second-order valence-electron chi connectivity index (χ2n) is 4.68. The van der Waals surface area contributed by atoms with Crippen LogP contribution in [0.25, 0.3) is 5.57 Å². The number of hydrogen-bond donors (Lipinski definition) is 1. The van der Waals surface area contributed by atoms with Crippen molar-refractivity contribution < 1.29 is 4.39 Å². The van der Waals surface area contributed by atoms with Gasteiger partial charge in [-0.1, -0.05) is 6.08 Å². The van der Waals surface area contributed by atoms with Crippen LogP contribution in [0.5, 0.6) is 0 Å². The first-order valence-corrected chi connectivity index (χ1v) is 5.86. The van der Waals surface area contributed by atoms with Crippen LogP contribution >= 0.6 is 0 Å². The molecule has 0 radical (unpaired) electrons. The van der Waals surface area contributed by atoms with E-state index < -0.39 is 5.95 Å². The molecular weight excluding hydrogens is 203 g/mol. The Hall–Kier alpha value is -1.22. The van der Waals surface area contributed by atoms with Crippen LogP contribution in [0.1, 0.15) is 18.4 Å². The number of nitrogens with one attached hydrogen (secondary N) is 1. The molecule has 2 heterocycles. The summed E-state index contributed by atoms with van der Waals surface area (Å²) < 4.78 is 12.7. The van der Waals surface area contributed by atoms with E-state index in [1.807, 2.05) is 6.07 Å². The number of nitrogens with zero attached hydrogens (tertiary/aromatic N) is 1. The fourth-order valence-electron chi connectivity index (χ4n) is 2.77. The van der Waals surface area contributed by atoms with E-state index in [0.29, 0.717) is 5.92 Å². The molecule has 0 spiro atoms. The topological polar surface area (TPSA) is 24.9 Å². The van der Waals surface area contributed by atoms with Gasteiger partial charge >= 0.3 is 0 Å². The Balaban J connectivity index is 1.83. The summed E-state index contributed by atoms with van der Waals surface area (Å²) in [4.78, 5) is 3.72. The van der Waals surface area contributed by atoms with Crippen LogP contribution < -0.4 is 5.32 Å². The lowest BCUT2D eigenvalue weighted by atomic mass is 9.89. The molecule has 3 heteroatoms. The average molecular weight is 218 g/mol. The molecule has 16 heavy (non-hydrogen) atoms. The average Bonchev–Trinajstić information content (AvgIpc) is 2.73. The van der Waals surface area contributed by atoms with Crippen LogP contribution in [-0.2, 0) is 0 Å². The summed E-state index contributed by atoms with van der Waals surface area (Å²) in [6.07, 6.45) is 6.36. The number of piperidine rings is 1. The maximum atomic E-state index is 12.7. The highest BCUT2D eigenvalue weighted by molar-refractivity contribution is 5.67. The lowest BCUT2D eigenvalue weighted by Gasteiger charge is -2.25. The lowest BCUT2D eigenvalue weighted by Crippen LogP contribution is -2.33. The van der Waals surface area contributed by atoms with E-state index in [1.165, 1.54) is 18.1 Å². The molecule has 1 fully saturated rings. The van der Waals surface area contributed by atoms with Crippen molar-refractivity contribution in [2.75, 3.05) is 13.1 Å².